The second kappa shape index (κ2) is 7.38. The number of ether oxygens (including phenoxy) is 1. The summed E-state index contributed by atoms with van der Waals surface area (Å²) in [5.74, 6) is 0.829. The molecule has 5 nitrogen and oxygen atoms in total. The minimum atomic E-state index is -0.476. The Morgan fingerprint density at radius 1 is 0.967 bits per heavy atom. The molecular weight excluding hydrogens is 418 g/mol. The first-order valence-electron chi connectivity index (χ1n) is 9.03. The van der Waals surface area contributed by atoms with Crippen molar-refractivity contribution in [1.29, 1.82) is 5.26 Å². The van der Waals surface area contributed by atoms with Crippen LogP contribution in [0.4, 0.5) is 0 Å². The number of nitrogens with zero attached hydrogens (tertiary/aromatic N) is 3. The third kappa shape index (κ3) is 3.05. The van der Waals surface area contributed by atoms with Crippen LogP contribution < -0.4 is 10.3 Å². The van der Waals surface area contributed by atoms with E-state index >= 15 is 0 Å². The van der Waals surface area contributed by atoms with Gasteiger partial charge in [-0.3, -0.25) is 9.36 Å². The van der Waals surface area contributed by atoms with Crippen LogP contribution >= 0.6 is 23.4 Å². The molecule has 0 fully saturated rings. The topological polar surface area (TPSA) is 67.9 Å². The van der Waals surface area contributed by atoms with Gasteiger partial charge in [-0.05, 0) is 42.5 Å². The molecule has 1 aliphatic heterocycles. The summed E-state index contributed by atoms with van der Waals surface area (Å²) in [7, 11) is 0. The highest BCUT2D eigenvalue weighted by atomic mass is 35.5. The third-order valence-electron chi connectivity index (χ3n) is 4.64. The van der Waals surface area contributed by atoms with Crippen molar-refractivity contribution in [2.24, 2.45) is 0 Å². The van der Waals surface area contributed by atoms with Gasteiger partial charge in [0.25, 0.3) is 5.56 Å². The van der Waals surface area contributed by atoms with Crippen molar-refractivity contribution in [1.82, 2.24) is 9.55 Å². The molecule has 0 saturated heterocycles. The Labute approximate surface area is 181 Å². The van der Waals surface area contributed by atoms with Crippen molar-refractivity contribution >= 4 is 23.4 Å². The van der Waals surface area contributed by atoms with Gasteiger partial charge >= 0.3 is 0 Å². The lowest BCUT2D eigenvalue weighted by Gasteiger charge is -2.15. The molecule has 5 rings (SSSR count). The van der Waals surface area contributed by atoms with Crippen molar-refractivity contribution in [3.8, 4) is 34.8 Å². The quantitative estimate of drug-likeness (QED) is 0.361. The average Bonchev–Trinajstić information content (AvgIpc) is 2.90. The van der Waals surface area contributed by atoms with Crippen LogP contribution in [0, 0.1) is 11.3 Å². The molecule has 144 valence electrons. The van der Waals surface area contributed by atoms with E-state index in [0.717, 1.165) is 15.4 Å². The zero-order valence-electron chi connectivity index (χ0n) is 15.4. The summed E-state index contributed by atoms with van der Waals surface area (Å²) in [6, 6.07) is 23.9. The number of para-hydroxylation sites is 1. The standard InChI is InChI=1S/C23H12ClN3O2S/c24-14-9-11-15(12-10-14)29-22-17(13-25)23(28)27-18-6-2-4-8-20(18)30-19-7-3-1-5-16(19)21(27)26-22/h1-12H. The molecule has 7 heteroatoms. The fourth-order valence-electron chi connectivity index (χ4n) is 3.28. The fourth-order valence-corrected chi connectivity index (χ4v) is 4.47. The van der Waals surface area contributed by atoms with Gasteiger partial charge in [0.15, 0.2) is 11.4 Å². The number of hydrogen-bond acceptors (Lipinski definition) is 5. The van der Waals surface area contributed by atoms with Crippen LogP contribution in [0.1, 0.15) is 5.56 Å². The smallest absolute Gasteiger partial charge is 0.280 e. The van der Waals surface area contributed by atoms with E-state index < -0.39 is 5.56 Å². The summed E-state index contributed by atoms with van der Waals surface area (Å²) < 4.78 is 7.32. The maximum Gasteiger partial charge on any atom is 0.280 e. The van der Waals surface area contributed by atoms with Crippen molar-refractivity contribution in [3.63, 3.8) is 0 Å². The van der Waals surface area contributed by atoms with Gasteiger partial charge < -0.3 is 4.74 Å². The lowest BCUT2D eigenvalue weighted by atomic mass is 10.2. The molecular formula is C23H12ClN3O2S. The SMILES string of the molecule is N#Cc1c(Oc2ccc(Cl)cc2)nc2n(c1=O)-c1ccccc1Sc1ccccc1-2. The number of rotatable bonds is 2. The highest BCUT2D eigenvalue weighted by Gasteiger charge is 2.26. The normalized spacial score (nSPS) is 11.5. The number of hydrogen-bond donors (Lipinski definition) is 0. The molecule has 0 atom stereocenters. The molecule has 1 aliphatic rings. The summed E-state index contributed by atoms with van der Waals surface area (Å²) in [6.45, 7) is 0. The monoisotopic (exact) mass is 429 g/mol. The predicted molar refractivity (Wildman–Crippen MR) is 116 cm³/mol. The number of fused-ring (bicyclic) bond motifs is 5. The highest BCUT2D eigenvalue weighted by Crippen LogP contribution is 2.42. The lowest BCUT2D eigenvalue weighted by Crippen LogP contribution is -2.25. The minimum Gasteiger partial charge on any atom is -0.437 e. The number of nitriles is 1. The Hall–Kier alpha value is -3.53. The zero-order valence-corrected chi connectivity index (χ0v) is 16.9. The Morgan fingerprint density at radius 2 is 1.67 bits per heavy atom. The molecule has 3 aromatic carbocycles. The number of benzene rings is 3. The third-order valence-corrected chi connectivity index (χ3v) is 6.04. The molecule has 0 spiro atoms. The molecule has 0 unspecified atom stereocenters. The van der Waals surface area contributed by atoms with E-state index in [4.69, 9.17) is 16.3 Å². The first-order valence-corrected chi connectivity index (χ1v) is 10.2. The van der Waals surface area contributed by atoms with Gasteiger partial charge in [-0.25, -0.2) is 0 Å². The lowest BCUT2D eigenvalue weighted by molar-refractivity contribution is 0.458. The van der Waals surface area contributed by atoms with E-state index in [1.165, 1.54) is 4.57 Å². The van der Waals surface area contributed by atoms with E-state index in [1.807, 2.05) is 54.6 Å². The largest absolute Gasteiger partial charge is 0.437 e. The molecule has 0 radical (unpaired) electrons. The van der Waals surface area contributed by atoms with Crippen molar-refractivity contribution in [2.45, 2.75) is 9.79 Å². The van der Waals surface area contributed by atoms with Gasteiger partial charge in [-0.2, -0.15) is 10.2 Å². The van der Waals surface area contributed by atoms with E-state index in [0.29, 0.717) is 22.3 Å². The molecule has 30 heavy (non-hydrogen) atoms. The Morgan fingerprint density at radius 3 is 2.43 bits per heavy atom. The molecule has 0 bridgehead atoms. The molecule has 0 saturated carbocycles. The Bertz CT molecular complexity index is 1390. The highest BCUT2D eigenvalue weighted by molar-refractivity contribution is 7.99. The first-order chi connectivity index (χ1) is 14.7. The van der Waals surface area contributed by atoms with Gasteiger partial charge in [-0.15, -0.1) is 0 Å². The number of aromatic nitrogens is 2. The van der Waals surface area contributed by atoms with Gasteiger partial charge in [0, 0.05) is 20.4 Å². The van der Waals surface area contributed by atoms with Crippen LogP contribution in [0.5, 0.6) is 11.6 Å². The van der Waals surface area contributed by atoms with Gasteiger partial charge in [0.2, 0.25) is 5.88 Å². The van der Waals surface area contributed by atoms with Crippen LogP contribution in [-0.2, 0) is 0 Å². The van der Waals surface area contributed by atoms with Crippen LogP contribution in [0.15, 0.2) is 87.4 Å². The summed E-state index contributed by atoms with van der Waals surface area (Å²) in [4.78, 5) is 19.9. The first kappa shape index (κ1) is 18.5. The van der Waals surface area contributed by atoms with Gasteiger partial charge in [0.05, 0.1) is 5.69 Å². The molecule has 0 aliphatic carbocycles. The minimum absolute atomic E-state index is 0.0322. The van der Waals surface area contributed by atoms with Crippen molar-refractivity contribution in [3.05, 3.63) is 93.7 Å². The molecule has 1 aromatic heterocycles. The van der Waals surface area contributed by atoms with E-state index in [1.54, 1.807) is 36.0 Å². The van der Waals surface area contributed by atoms with Crippen LogP contribution in [0.2, 0.25) is 5.02 Å². The van der Waals surface area contributed by atoms with E-state index in [-0.39, 0.29) is 11.4 Å². The second-order valence-corrected chi connectivity index (χ2v) is 8.01. The number of halogens is 1. The van der Waals surface area contributed by atoms with Crippen molar-refractivity contribution < 1.29 is 4.74 Å². The maximum absolute atomic E-state index is 13.4. The molecule has 2 heterocycles. The predicted octanol–water partition coefficient (Wildman–Crippen LogP) is 5.68. The average molecular weight is 430 g/mol. The summed E-state index contributed by atoms with van der Waals surface area (Å²) in [5.41, 5.74) is 0.839. The van der Waals surface area contributed by atoms with Crippen LogP contribution in [0.25, 0.3) is 17.1 Å². The molecule has 0 N–H and O–H groups in total. The zero-order chi connectivity index (χ0) is 20.7. The molecule has 0 amide bonds. The van der Waals surface area contributed by atoms with Crippen molar-refractivity contribution in [2.75, 3.05) is 0 Å². The van der Waals surface area contributed by atoms with E-state index in [9.17, 15) is 10.1 Å². The van der Waals surface area contributed by atoms with Crippen LogP contribution in [0.3, 0.4) is 0 Å². The summed E-state index contributed by atoms with van der Waals surface area (Å²) in [5, 5.41) is 10.3. The van der Waals surface area contributed by atoms with E-state index in [2.05, 4.69) is 4.98 Å². The second-order valence-electron chi connectivity index (χ2n) is 6.49. The maximum atomic E-state index is 13.4. The fraction of sp³-hybridized carbons (Fsp3) is 0. The summed E-state index contributed by atoms with van der Waals surface area (Å²) in [6.07, 6.45) is 0. The summed E-state index contributed by atoms with van der Waals surface area (Å²) >= 11 is 7.49. The van der Waals surface area contributed by atoms with Gasteiger partial charge in [0.1, 0.15) is 11.8 Å². The molecule has 4 aromatic rings. The van der Waals surface area contributed by atoms with Gasteiger partial charge in [-0.1, -0.05) is 53.7 Å². The van der Waals surface area contributed by atoms with Crippen LogP contribution in [-0.4, -0.2) is 9.55 Å². The Kier molecular flexibility index (Phi) is 4.55. The Balaban J connectivity index is 1.81.